The fourth-order valence-corrected chi connectivity index (χ4v) is 2.97. The summed E-state index contributed by atoms with van der Waals surface area (Å²) in [6, 6.07) is 6.08. The Morgan fingerprint density at radius 2 is 2.00 bits per heavy atom. The number of carbonyl (C=O) groups excluding carboxylic acids is 1. The summed E-state index contributed by atoms with van der Waals surface area (Å²) in [7, 11) is -2.19. The molecule has 22 heavy (non-hydrogen) atoms. The molecule has 0 atom stereocenters. The molecule has 1 heterocycles. The summed E-state index contributed by atoms with van der Waals surface area (Å²) in [5.74, 6) is -0.530. The number of hydrogen-bond donors (Lipinski definition) is 2. The second-order valence-electron chi connectivity index (χ2n) is 4.71. The lowest BCUT2D eigenvalue weighted by atomic mass is 10.2. The van der Waals surface area contributed by atoms with Crippen LogP contribution >= 0.6 is 0 Å². The van der Waals surface area contributed by atoms with E-state index in [1.54, 1.807) is 26.0 Å². The molecular formula is C13H16N4O4S. The average Bonchev–Trinajstić information content (AvgIpc) is 2.94. The van der Waals surface area contributed by atoms with E-state index >= 15 is 0 Å². The number of sulfone groups is 1. The van der Waals surface area contributed by atoms with E-state index in [1.165, 1.54) is 19.2 Å². The Kier molecular flexibility index (Phi) is 4.45. The van der Waals surface area contributed by atoms with Crippen LogP contribution in [0.5, 0.6) is 6.01 Å². The maximum atomic E-state index is 12.3. The van der Waals surface area contributed by atoms with E-state index in [2.05, 4.69) is 20.5 Å². The van der Waals surface area contributed by atoms with Gasteiger partial charge < -0.3 is 4.74 Å². The normalized spacial score (nSPS) is 11.5. The Bertz CT molecular complexity index is 783. The predicted octanol–water partition coefficient (Wildman–Crippen LogP) is 1.25. The Hall–Kier alpha value is -2.42. The maximum absolute atomic E-state index is 12.3. The molecule has 0 fully saturated rings. The van der Waals surface area contributed by atoms with Gasteiger partial charge in [-0.25, -0.2) is 13.5 Å². The minimum Gasteiger partial charge on any atom is -0.466 e. The average molecular weight is 324 g/mol. The van der Waals surface area contributed by atoms with Gasteiger partial charge in [0.1, 0.15) is 0 Å². The van der Waals surface area contributed by atoms with Crippen molar-refractivity contribution in [1.82, 2.24) is 15.2 Å². The minimum atomic E-state index is -3.58. The van der Waals surface area contributed by atoms with Crippen LogP contribution in [0.3, 0.4) is 0 Å². The predicted molar refractivity (Wildman–Crippen MR) is 79.7 cm³/mol. The third kappa shape index (κ3) is 3.08. The quantitative estimate of drug-likeness (QED) is 0.855. The van der Waals surface area contributed by atoms with Crippen LogP contribution in [0.1, 0.15) is 24.2 Å². The minimum absolute atomic E-state index is 0.0195. The van der Waals surface area contributed by atoms with Gasteiger partial charge in [0.15, 0.2) is 9.84 Å². The summed E-state index contributed by atoms with van der Waals surface area (Å²) in [5.41, 5.74) is 0.0477. The lowest BCUT2D eigenvalue weighted by molar-refractivity contribution is 0.102. The lowest BCUT2D eigenvalue weighted by Gasteiger charge is -2.12. The SMILES string of the molecule is COc1n[nH]c(NC(=O)c2ccccc2S(=O)(=O)C(C)C)n1. The van der Waals surface area contributed by atoms with Gasteiger partial charge in [-0.2, -0.15) is 4.98 Å². The molecule has 8 nitrogen and oxygen atoms in total. The van der Waals surface area contributed by atoms with Gasteiger partial charge in [0.05, 0.1) is 22.8 Å². The number of benzene rings is 1. The van der Waals surface area contributed by atoms with Crippen molar-refractivity contribution in [3.8, 4) is 6.01 Å². The van der Waals surface area contributed by atoms with Crippen LogP contribution in [0.15, 0.2) is 29.2 Å². The number of rotatable bonds is 5. The summed E-state index contributed by atoms with van der Waals surface area (Å²) in [6.45, 7) is 3.12. The van der Waals surface area contributed by atoms with E-state index in [1.807, 2.05) is 0 Å². The van der Waals surface area contributed by atoms with Crippen LogP contribution in [0.2, 0.25) is 0 Å². The topological polar surface area (TPSA) is 114 Å². The molecule has 0 spiro atoms. The largest absolute Gasteiger partial charge is 0.466 e. The van der Waals surface area contributed by atoms with Gasteiger partial charge in [-0.05, 0) is 26.0 Å². The molecule has 1 amide bonds. The van der Waals surface area contributed by atoms with Crippen LogP contribution in [-0.4, -0.2) is 41.9 Å². The third-order valence-corrected chi connectivity index (χ3v) is 5.15. The molecule has 0 aliphatic heterocycles. The summed E-state index contributed by atoms with van der Waals surface area (Å²) in [6.07, 6.45) is 0. The fourth-order valence-electron chi connectivity index (χ4n) is 1.72. The van der Waals surface area contributed by atoms with Gasteiger partial charge in [0.25, 0.3) is 5.91 Å². The van der Waals surface area contributed by atoms with Gasteiger partial charge in [-0.15, -0.1) is 5.10 Å². The highest BCUT2D eigenvalue weighted by atomic mass is 32.2. The van der Waals surface area contributed by atoms with E-state index in [0.717, 1.165) is 0 Å². The van der Waals surface area contributed by atoms with Crippen molar-refractivity contribution in [3.63, 3.8) is 0 Å². The second kappa shape index (κ2) is 6.14. The molecule has 2 aromatic rings. The number of anilines is 1. The summed E-state index contributed by atoms with van der Waals surface area (Å²) in [5, 5.41) is 7.98. The van der Waals surface area contributed by atoms with Crippen LogP contribution < -0.4 is 10.1 Å². The number of aromatic nitrogens is 3. The number of nitrogens with zero attached hydrogens (tertiary/aromatic N) is 2. The Morgan fingerprint density at radius 3 is 2.59 bits per heavy atom. The Morgan fingerprint density at radius 1 is 1.32 bits per heavy atom. The first-order valence-electron chi connectivity index (χ1n) is 6.47. The molecule has 0 saturated heterocycles. The van der Waals surface area contributed by atoms with E-state index in [-0.39, 0.29) is 22.4 Å². The van der Waals surface area contributed by atoms with E-state index in [4.69, 9.17) is 4.74 Å². The molecule has 0 unspecified atom stereocenters. The molecule has 2 N–H and O–H groups in total. The number of aromatic amines is 1. The molecule has 0 aliphatic rings. The highest BCUT2D eigenvalue weighted by Gasteiger charge is 2.25. The zero-order chi connectivity index (χ0) is 16.3. The highest BCUT2D eigenvalue weighted by molar-refractivity contribution is 7.92. The Labute approximate surface area is 127 Å². The molecule has 118 valence electrons. The number of ether oxygens (including phenoxy) is 1. The van der Waals surface area contributed by atoms with Crippen LogP contribution in [-0.2, 0) is 9.84 Å². The van der Waals surface area contributed by atoms with Crippen molar-refractivity contribution >= 4 is 21.7 Å². The number of methoxy groups -OCH3 is 1. The summed E-state index contributed by atoms with van der Waals surface area (Å²) >= 11 is 0. The van der Waals surface area contributed by atoms with Gasteiger partial charge in [0, 0.05) is 0 Å². The Balaban J connectivity index is 2.35. The number of hydrogen-bond acceptors (Lipinski definition) is 6. The van der Waals surface area contributed by atoms with Crippen molar-refractivity contribution in [3.05, 3.63) is 29.8 Å². The van der Waals surface area contributed by atoms with Crippen molar-refractivity contribution in [2.45, 2.75) is 24.0 Å². The van der Waals surface area contributed by atoms with E-state index < -0.39 is 21.0 Å². The molecule has 9 heteroatoms. The first kappa shape index (κ1) is 16.0. The van der Waals surface area contributed by atoms with Crippen LogP contribution in [0, 0.1) is 0 Å². The molecule has 0 radical (unpaired) electrons. The molecule has 0 aliphatic carbocycles. The molecular weight excluding hydrogens is 308 g/mol. The van der Waals surface area contributed by atoms with Crippen molar-refractivity contribution < 1.29 is 17.9 Å². The van der Waals surface area contributed by atoms with Crippen molar-refractivity contribution in [2.24, 2.45) is 0 Å². The van der Waals surface area contributed by atoms with Gasteiger partial charge >= 0.3 is 6.01 Å². The number of amides is 1. The molecule has 0 saturated carbocycles. The van der Waals surface area contributed by atoms with Crippen LogP contribution in [0.4, 0.5) is 5.95 Å². The second-order valence-corrected chi connectivity index (χ2v) is 7.19. The number of H-pyrrole nitrogens is 1. The number of nitrogens with one attached hydrogen (secondary N) is 2. The van der Waals surface area contributed by atoms with Crippen molar-refractivity contribution in [2.75, 3.05) is 12.4 Å². The van der Waals surface area contributed by atoms with E-state index in [9.17, 15) is 13.2 Å². The highest BCUT2D eigenvalue weighted by Crippen LogP contribution is 2.21. The van der Waals surface area contributed by atoms with Crippen LogP contribution in [0.25, 0.3) is 0 Å². The van der Waals surface area contributed by atoms with Gasteiger partial charge in [-0.3, -0.25) is 10.1 Å². The lowest BCUT2D eigenvalue weighted by Crippen LogP contribution is -2.21. The standard InChI is InChI=1S/C13H16N4O4S/c1-8(2)22(19,20)10-7-5-4-6-9(10)11(18)14-12-15-13(21-3)17-16-12/h4-8H,1-3H3,(H2,14,15,16,17,18). The smallest absolute Gasteiger partial charge is 0.336 e. The fraction of sp³-hybridized carbons (Fsp3) is 0.308. The number of carbonyl (C=O) groups is 1. The maximum Gasteiger partial charge on any atom is 0.336 e. The van der Waals surface area contributed by atoms with E-state index in [0.29, 0.717) is 0 Å². The zero-order valence-corrected chi connectivity index (χ0v) is 13.1. The molecule has 1 aromatic heterocycles. The zero-order valence-electron chi connectivity index (χ0n) is 12.3. The molecule has 1 aromatic carbocycles. The molecule has 2 rings (SSSR count). The first-order chi connectivity index (χ1) is 10.4. The monoisotopic (exact) mass is 324 g/mol. The summed E-state index contributed by atoms with van der Waals surface area (Å²) in [4.78, 5) is 16.1. The first-order valence-corrected chi connectivity index (χ1v) is 8.01. The van der Waals surface area contributed by atoms with Gasteiger partial charge in [-0.1, -0.05) is 12.1 Å². The third-order valence-electron chi connectivity index (χ3n) is 2.94. The molecule has 0 bridgehead atoms. The van der Waals surface area contributed by atoms with Gasteiger partial charge in [0.2, 0.25) is 5.95 Å². The van der Waals surface area contributed by atoms with Crippen molar-refractivity contribution in [1.29, 1.82) is 0 Å². The summed E-state index contributed by atoms with van der Waals surface area (Å²) < 4.78 is 29.4.